The molecule has 0 N–H and O–H groups in total. The molecule has 0 nitrogen and oxygen atoms in total. The van der Waals surface area contributed by atoms with Gasteiger partial charge in [0.25, 0.3) is 0 Å². The quantitative estimate of drug-likeness (QED) is 0.344. The molecule has 0 spiro atoms. The normalized spacial score (nSPS) is 20.1. The molecule has 0 bridgehead atoms. The summed E-state index contributed by atoms with van der Waals surface area (Å²) in [4.78, 5) is 0. The second kappa shape index (κ2) is 8.83. The van der Waals surface area contributed by atoms with Gasteiger partial charge < -0.3 is 0 Å². The fraction of sp³-hybridized carbons (Fsp3) is 0.700. The molecule has 21 heavy (non-hydrogen) atoms. The smallest absolute Gasteiger partial charge is 0.0406 e. The monoisotopic (exact) mass is 308 g/mol. The predicted molar refractivity (Wildman–Crippen MR) is 97.0 cm³/mol. The zero-order valence-electron chi connectivity index (χ0n) is 14.7. The van der Waals surface area contributed by atoms with Crippen LogP contribution in [0, 0.1) is 5.41 Å². The molecule has 0 aromatic heterocycles. The summed E-state index contributed by atoms with van der Waals surface area (Å²) in [5.74, 6) is 0.636. The Morgan fingerprint density at radius 1 is 1.14 bits per heavy atom. The van der Waals surface area contributed by atoms with Crippen LogP contribution in [-0.2, 0) is 0 Å². The first-order chi connectivity index (χ1) is 9.86. The van der Waals surface area contributed by atoms with Crippen molar-refractivity contribution < 1.29 is 0 Å². The van der Waals surface area contributed by atoms with Crippen molar-refractivity contribution in [1.29, 1.82) is 0 Å². The molecular weight excluding hydrogens is 276 g/mol. The van der Waals surface area contributed by atoms with E-state index >= 15 is 0 Å². The van der Waals surface area contributed by atoms with Gasteiger partial charge in [-0.05, 0) is 71.1 Å². The maximum Gasteiger partial charge on any atom is 0.0406 e. The summed E-state index contributed by atoms with van der Waals surface area (Å²) >= 11 is 5.72. The molecule has 0 heterocycles. The third kappa shape index (κ3) is 6.43. The van der Waals surface area contributed by atoms with E-state index in [9.17, 15) is 0 Å². The number of rotatable bonds is 7. The van der Waals surface area contributed by atoms with Crippen molar-refractivity contribution in [3.05, 3.63) is 34.4 Å². The van der Waals surface area contributed by atoms with Crippen LogP contribution in [0.15, 0.2) is 34.4 Å². The Bertz CT molecular complexity index is 421. The minimum atomic E-state index is 0.419. The van der Waals surface area contributed by atoms with Crippen molar-refractivity contribution in [3.63, 3.8) is 0 Å². The molecule has 0 fully saturated rings. The van der Waals surface area contributed by atoms with E-state index in [0.29, 0.717) is 11.3 Å². The Kier molecular flexibility index (Phi) is 7.81. The van der Waals surface area contributed by atoms with E-state index in [1.807, 2.05) is 0 Å². The first-order valence-corrected chi connectivity index (χ1v) is 8.96. The summed E-state index contributed by atoms with van der Waals surface area (Å²) < 4.78 is 0. The van der Waals surface area contributed by atoms with Gasteiger partial charge in [-0.15, -0.1) is 11.6 Å². The molecule has 0 unspecified atom stereocenters. The third-order valence-electron chi connectivity index (χ3n) is 4.91. The molecule has 0 atom stereocenters. The summed E-state index contributed by atoms with van der Waals surface area (Å²) in [5.41, 5.74) is 6.73. The number of alkyl halides is 1. The van der Waals surface area contributed by atoms with E-state index < -0.39 is 0 Å². The first-order valence-electron chi connectivity index (χ1n) is 8.43. The molecule has 0 aromatic rings. The van der Waals surface area contributed by atoms with Gasteiger partial charge in [0.1, 0.15) is 0 Å². The molecule has 1 rings (SSSR count). The standard InChI is InChI=1S/C20H33Cl/c1-16(8-6-9-17(2)13-15-21)11-12-19-18(3)10-7-14-20(19,4)5/h8,13H,6-7,9-12,14-15H2,1-5H3/b16-8+,17-13+. The first kappa shape index (κ1) is 18.6. The molecule has 1 heteroatoms. The third-order valence-corrected chi connectivity index (χ3v) is 5.07. The van der Waals surface area contributed by atoms with Crippen molar-refractivity contribution in [2.75, 3.05) is 5.88 Å². The maximum absolute atomic E-state index is 5.72. The summed E-state index contributed by atoms with van der Waals surface area (Å²) in [6, 6.07) is 0. The van der Waals surface area contributed by atoms with E-state index in [4.69, 9.17) is 11.6 Å². The zero-order valence-corrected chi connectivity index (χ0v) is 15.4. The lowest BCUT2D eigenvalue weighted by Crippen LogP contribution is -2.20. The van der Waals surface area contributed by atoms with Gasteiger partial charge in [-0.25, -0.2) is 0 Å². The highest BCUT2D eigenvalue weighted by Crippen LogP contribution is 2.42. The topological polar surface area (TPSA) is 0 Å². The second-order valence-electron chi connectivity index (χ2n) is 7.29. The highest BCUT2D eigenvalue weighted by atomic mass is 35.5. The van der Waals surface area contributed by atoms with Gasteiger partial charge >= 0.3 is 0 Å². The van der Waals surface area contributed by atoms with Crippen LogP contribution in [0.2, 0.25) is 0 Å². The minimum absolute atomic E-state index is 0.419. The average Bonchev–Trinajstić information content (AvgIpc) is 2.37. The molecule has 1 aliphatic carbocycles. The number of hydrogen-bond acceptors (Lipinski definition) is 0. The Morgan fingerprint density at radius 2 is 1.81 bits per heavy atom. The molecule has 0 aromatic carbocycles. The van der Waals surface area contributed by atoms with Crippen LogP contribution in [-0.4, -0.2) is 5.88 Å². The minimum Gasteiger partial charge on any atom is -0.122 e. The van der Waals surface area contributed by atoms with Crippen LogP contribution >= 0.6 is 11.6 Å². The zero-order chi connectivity index (χ0) is 15.9. The van der Waals surface area contributed by atoms with Crippen molar-refractivity contribution in [2.45, 2.75) is 79.6 Å². The Morgan fingerprint density at radius 3 is 2.43 bits per heavy atom. The molecule has 0 radical (unpaired) electrons. The highest BCUT2D eigenvalue weighted by molar-refractivity contribution is 6.18. The summed E-state index contributed by atoms with van der Waals surface area (Å²) in [7, 11) is 0. The Balaban J connectivity index is 2.48. The van der Waals surface area contributed by atoms with Crippen LogP contribution in [0.25, 0.3) is 0 Å². The number of allylic oxidation sites excluding steroid dienone is 6. The van der Waals surface area contributed by atoms with Gasteiger partial charge in [-0.1, -0.05) is 48.3 Å². The molecule has 0 saturated carbocycles. The van der Waals surface area contributed by atoms with Crippen LogP contribution in [0.3, 0.4) is 0 Å². The Labute approximate surface area is 137 Å². The van der Waals surface area contributed by atoms with Gasteiger partial charge in [0.2, 0.25) is 0 Å². The van der Waals surface area contributed by atoms with Crippen molar-refractivity contribution in [2.24, 2.45) is 5.41 Å². The van der Waals surface area contributed by atoms with E-state index in [1.165, 1.54) is 43.3 Å². The van der Waals surface area contributed by atoms with Crippen LogP contribution < -0.4 is 0 Å². The fourth-order valence-corrected chi connectivity index (χ4v) is 3.69. The predicted octanol–water partition coefficient (Wildman–Crippen LogP) is 7.20. The van der Waals surface area contributed by atoms with E-state index in [2.05, 4.69) is 46.8 Å². The lowest BCUT2D eigenvalue weighted by Gasteiger charge is -2.35. The SMILES string of the molecule is CC1=C(CC/C(C)=C/CC/C(C)=C/CCl)C(C)(C)CCC1. The highest BCUT2D eigenvalue weighted by Gasteiger charge is 2.27. The maximum atomic E-state index is 5.72. The summed E-state index contributed by atoms with van der Waals surface area (Å²) in [6.07, 6.45) is 13.3. The van der Waals surface area contributed by atoms with Gasteiger partial charge in [0.15, 0.2) is 0 Å². The van der Waals surface area contributed by atoms with Crippen LogP contribution in [0.4, 0.5) is 0 Å². The average molecular weight is 309 g/mol. The van der Waals surface area contributed by atoms with Gasteiger partial charge in [-0.3, -0.25) is 0 Å². The van der Waals surface area contributed by atoms with E-state index in [1.54, 1.807) is 11.1 Å². The van der Waals surface area contributed by atoms with Crippen molar-refractivity contribution in [3.8, 4) is 0 Å². The molecule has 120 valence electrons. The van der Waals surface area contributed by atoms with Gasteiger partial charge in [-0.2, -0.15) is 0 Å². The van der Waals surface area contributed by atoms with Crippen molar-refractivity contribution >= 4 is 11.6 Å². The summed E-state index contributed by atoms with van der Waals surface area (Å²) in [6.45, 7) is 11.6. The molecule has 0 saturated heterocycles. The Hall–Kier alpha value is -0.490. The largest absolute Gasteiger partial charge is 0.122 e. The van der Waals surface area contributed by atoms with Crippen LogP contribution in [0.5, 0.6) is 0 Å². The lowest BCUT2D eigenvalue weighted by atomic mass is 9.71. The van der Waals surface area contributed by atoms with Crippen molar-refractivity contribution in [1.82, 2.24) is 0 Å². The van der Waals surface area contributed by atoms with Gasteiger partial charge in [0.05, 0.1) is 0 Å². The molecule has 0 aliphatic heterocycles. The van der Waals surface area contributed by atoms with E-state index in [0.717, 1.165) is 12.8 Å². The summed E-state index contributed by atoms with van der Waals surface area (Å²) in [5, 5.41) is 0. The van der Waals surface area contributed by atoms with E-state index in [-0.39, 0.29) is 0 Å². The number of hydrogen-bond donors (Lipinski definition) is 0. The van der Waals surface area contributed by atoms with Gasteiger partial charge in [0, 0.05) is 5.88 Å². The molecule has 0 amide bonds. The van der Waals surface area contributed by atoms with Crippen LogP contribution in [0.1, 0.15) is 79.6 Å². The lowest BCUT2D eigenvalue weighted by molar-refractivity contribution is 0.354. The number of halogens is 1. The fourth-order valence-electron chi connectivity index (χ4n) is 3.43. The molecule has 1 aliphatic rings. The second-order valence-corrected chi connectivity index (χ2v) is 7.60. The molecular formula is C20H33Cl.